The Morgan fingerprint density at radius 1 is 1.45 bits per heavy atom. The maximum atomic E-state index is 11.9. The first-order chi connectivity index (χ1) is 9.43. The molecule has 0 unspecified atom stereocenters. The lowest BCUT2D eigenvalue weighted by Crippen LogP contribution is -2.27. The highest BCUT2D eigenvalue weighted by molar-refractivity contribution is 8.18. The van der Waals surface area contributed by atoms with Gasteiger partial charge in [0.05, 0.1) is 9.83 Å². The molecule has 1 fully saturated rings. The molecule has 1 aliphatic rings. The van der Waals surface area contributed by atoms with Gasteiger partial charge in [0.15, 0.2) is 0 Å². The van der Waals surface area contributed by atoms with Gasteiger partial charge in [0.2, 0.25) is 0 Å². The first-order valence-corrected chi connectivity index (χ1v) is 6.82. The van der Waals surface area contributed by atoms with E-state index in [4.69, 9.17) is 11.6 Å². The minimum atomic E-state index is -0.600. The summed E-state index contributed by atoms with van der Waals surface area (Å²) in [5.74, 6) is -0.389. The molecule has 6 nitrogen and oxygen atoms in total. The highest BCUT2D eigenvalue weighted by Gasteiger charge is 2.33. The highest BCUT2D eigenvalue weighted by Crippen LogP contribution is 2.33. The third-order valence-corrected chi connectivity index (χ3v) is 3.88. The molecule has 8 heteroatoms. The van der Waals surface area contributed by atoms with Gasteiger partial charge in [-0.15, -0.1) is 0 Å². The second kappa shape index (κ2) is 5.64. The number of thioether (sulfide) groups is 1. The molecule has 20 heavy (non-hydrogen) atoms. The molecule has 1 aliphatic heterocycles. The average molecular weight is 313 g/mol. The van der Waals surface area contributed by atoms with Crippen LogP contribution in [-0.4, -0.2) is 27.5 Å². The standard InChI is InChI=1S/C12H9ClN2O4S/c1-2-14-11(16)10(20-12(14)17)6-7-3-4-8(13)9(5-7)15(18)19/h3-6H,2H2,1H3/b10-6+. The minimum absolute atomic E-state index is 0.0220. The Morgan fingerprint density at radius 2 is 2.15 bits per heavy atom. The summed E-state index contributed by atoms with van der Waals surface area (Å²) >= 11 is 6.52. The van der Waals surface area contributed by atoms with Crippen LogP contribution in [0.1, 0.15) is 12.5 Å². The van der Waals surface area contributed by atoms with Crippen LogP contribution in [-0.2, 0) is 4.79 Å². The third kappa shape index (κ3) is 2.68. The SMILES string of the molecule is CCN1C(=O)S/C(=C/c2ccc(Cl)c([N+](=O)[O-])c2)C1=O. The number of amides is 2. The lowest BCUT2D eigenvalue weighted by molar-refractivity contribution is -0.384. The van der Waals surface area contributed by atoms with Crippen LogP contribution in [0, 0.1) is 10.1 Å². The van der Waals surface area contributed by atoms with Crippen molar-refractivity contribution in [2.45, 2.75) is 6.92 Å². The number of rotatable bonds is 3. The Balaban J connectivity index is 2.37. The summed E-state index contributed by atoms with van der Waals surface area (Å²) in [6.07, 6.45) is 1.45. The molecule has 0 N–H and O–H groups in total. The van der Waals surface area contributed by atoms with Crippen molar-refractivity contribution < 1.29 is 14.5 Å². The van der Waals surface area contributed by atoms with E-state index in [2.05, 4.69) is 0 Å². The van der Waals surface area contributed by atoms with Crippen molar-refractivity contribution in [2.75, 3.05) is 6.54 Å². The zero-order valence-corrected chi connectivity index (χ0v) is 11.9. The Morgan fingerprint density at radius 3 is 2.70 bits per heavy atom. The second-order valence-electron chi connectivity index (χ2n) is 3.89. The van der Waals surface area contributed by atoms with Gasteiger partial charge in [0.1, 0.15) is 5.02 Å². The van der Waals surface area contributed by atoms with E-state index in [-0.39, 0.29) is 26.8 Å². The summed E-state index contributed by atoms with van der Waals surface area (Å²) < 4.78 is 0. The van der Waals surface area contributed by atoms with Gasteiger partial charge in [0.25, 0.3) is 16.8 Å². The molecule has 2 amide bonds. The molecule has 0 radical (unpaired) electrons. The quantitative estimate of drug-likeness (QED) is 0.486. The van der Waals surface area contributed by atoms with E-state index in [0.717, 1.165) is 16.7 Å². The van der Waals surface area contributed by atoms with Crippen molar-refractivity contribution in [3.63, 3.8) is 0 Å². The molecule has 2 rings (SSSR count). The van der Waals surface area contributed by atoms with Gasteiger partial charge in [0, 0.05) is 12.6 Å². The van der Waals surface area contributed by atoms with E-state index in [1.165, 1.54) is 18.2 Å². The van der Waals surface area contributed by atoms with Gasteiger partial charge in [-0.1, -0.05) is 17.7 Å². The molecule has 1 heterocycles. The minimum Gasteiger partial charge on any atom is -0.269 e. The summed E-state index contributed by atoms with van der Waals surface area (Å²) in [6.45, 7) is 2.00. The Bertz CT molecular complexity index is 644. The molecule has 0 bridgehead atoms. The fraction of sp³-hybridized carbons (Fsp3) is 0.167. The molecule has 104 valence electrons. The topological polar surface area (TPSA) is 80.5 Å². The van der Waals surface area contributed by atoms with Crippen LogP contribution >= 0.6 is 23.4 Å². The zero-order valence-electron chi connectivity index (χ0n) is 10.3. The number of hydrogen-bond donors (Lipinski definition) is 0. The van der Waals surface area contributed by atoms with Gasteiger partial charge < -0.3 is 0 Å². The van der Waals surface area contributed by atoms with E-state index in [1.807, 2.05) is 0 Å². The number of carbonyl (C=O) groups is 2. The highest BCUT2D eigenvalue weighted by atomic mass is 35.5. The Kier molecular flexibility index (Phi) is 4.10. The first kappa shape index (κ1) is 14.5. The fourth-order valence-corrected chi connectivity index (χ4v) is 2.77. The van der Waals surface area contributed by atoms with Crippen molar-refractivity contribution in [2.24, 2.45) is 0 Å². The molecule has 0 atom stereocenters. The van der Waals surface area contributed by atoms with E-state index in [1.54, 1.807) is 13.0 Å². The monoisotopic (exact) mass is 312 g/mol. The predicted molar refractivity (Wildman–Crippen MR) is 76.5 cm³/mol. The summed E-state index contributed by atoms with van der Waals surface area (Å²) in [5, 5.41) is 10.5. The number of nitrogens with zero attached hydrogens (tertiary/aromatic N) is 2. The number of imide groups is 1. The first-order valence-electron chi connectivity index (χ1n) is 5.63. The van der Waals surface area contributed by atoms with Crippen LogP contribution < -0.4 is 0 Å². The average Bonchev–Trinajstić information content (AvgIpc) is 2.66. The molecule has 1 aromatic rings. The number of likely N-dealkylation sites (N-methyl/N-ethyl adjacent to an activating group) is 1. The van der Waals surface area contributed by atoms with Crippen molar-refractivity contribution in [3.05, 3.63) is 43.8 Å². The lowest BCUT2D eigenvalue weighted by atomic mass is 10.2. The number of hydrogen-bond acceptors (Lipinski definition) is 5. The maximum Gasteiger partial charge on any atom is 0.293 e. The van der Waals surface area contributed by atoms with Gasteiger partial charge in [-0.05, 0) is 36.4 Å². The summed E-state index contributed by atoms with van der Waals surface area (Å²) in [7, 11) is 0. The number of benzene rings is 1. The Hall–Kier alpha value is -1.86. The van der Waals surface area contributed by atoms with Crippen molar-refractivity contribution >= 4 is 46.3 Å². The van der Waals surface area contributed by atoms with Gasteiger partial charge in [-0.3, -0.25) is 24.6 Å². The smallest absolute Gasteiger partial charge is 0.269 e. The normalized spacial score (nSPS) is 17.1. The van der Waals surface area contributed by atoms with Gasteiger partial charge in [-0.25, -0.2) is 0 Å². The number of halogens is 1. The van der Waals surface area contributed by atoms with Crippen LogP contribution in [0.2, 0.25) is 5.02 Å². The number of carbonyl (C=O) groups excluding carboxylic acids is 2. The van der Waals surface area contributed by atoms with Crippen molar-refractivity contribution in [3.8, 4) is 0 Å². The van der Waals surface area contributed by atoms with Crippen molar-refractivity contribution in [1.29, 1.82) is 0 Å². The van der Waals surface area contributed by atoms with E-state index in [9.17, 15) is 19.7 Å². The second-order valence-corrected chi connectivity index (χ2v) is 5.29. The zero-order chi connectivity index (χ0) is 14.9. The molecular formula is C12H9ClN2O4S. The van der Waals surface area contributed by atoms with Crippen LogP contribution in [0.3, 0.4) is 0 Å². The van der Waals surface area contributed by atoms with Gasteiger partial charge >= 0.3 is 0 Å². The number of nitro benzene ring substituents is 1. The molecular weight excluding hydrogens is 304 g/mol. The summed E-state index contributed by atoms with van der Waals surface area (Å²) in [5.41, 5.74) is 0.206. The van der Waals surface area contributed by atoms with Gasteiger partial charge in [-0.2, -0.15) is 0 Å². The molecule has 0 saturated carbocycles. The summed E-state index contributed by atoms with van der Waals surface area (Å²) in [6, 6.07) is 4.20. The molecule has 0 aliphatic carbocycles. The van der Waals surface area contributed by atoms with Crippen molar-refractivity contribution in [1.82, 2.24) is 4.90 Å². The largest absolute Gasteiger partial charge is 0.293 e. The van der Waals surface area contributed by atoms with E-state index in [0.29, 0.717) is 12.1 Å². The summed E-state index contributed by atoms with van der Waals surface area (Å²) in [4.78, 5) is 35.0. The molecule has 1 saturated heterocycles. The lowest BCUT2D eigenvalue weighted by Gasteiger charge is -2.06. The third-order valence-electron chi connectivity index (χ3n) is 2.65. The van der Waals surface area contributed by atoms with Crippen LogP contribution in [0.15, 0.2) is 23.1 Å². The maximum absolute atomic E-state index is 11.9. The molecule has 0 spiro atoms. The van der Waals surface area contributed by atoms with E-state index < -0.39 is 4.92 Å². The predicted octanol–water partition coefficient (Wildman–Crippen LogP) is 3.30. The number of nitro groups is 1. The van der Waals surface area contributed by atoms with Crippen LogP contribution in [0.5, 0.6) is 0 Å². The van der Waals surface area contributed by atoms with E-state index >= 15 is 0 Å². The fourth-order valence-electron chi connectivity index (χ4n) is 1.68. The Labute approximate surface area is 123 Å². The van der Waals surface area contributed by atoms with Crippen LogP contribution in [0.25, 0.3) is 6.08 Å². The van der Waals surface area contributed by atoms with Crippen LogP contribution in [0.4, 0.5) is 10.5 Å². The molecule has 1 aromatic carbocycles. The molecule has 0 aromatic heterocycles.